The third kappa shape index (κ3) is 1.72. The number of amides is 2. The van der Waals surface area contributed by atoms with Gasteiger partial charge in [0.1, 0.15) is 0 Å². The van der Waals surface area contributed by atoms with Gasteiger partial charge in [-0.1, -0.05) is 0 Å². The molecule has 1 aromatic rings. The Balaban J connectivity index is 2.46. The molecule has 0 saturated carbocycles. The Kier molecular flexibility index (Phi) is 2.44. The van der Waals surface area contributed by atoms with Crippen LogP contribution in [0, 0.1) is 6.92 Å². The van der Waals surface area contributed by atoms with E-state index >= 15 is 0 Å². The average molecular weight is 221 g/mol. The molecular weight excluding hydrogens is 210 g/mol. The Morgan fingerprint density at radius 2 is 2.20 bits per heavy atom. The van der Waals surface area contributed by atoms with E-state index in [0.717, 1.165) is 16.0 Å². The van der Waals surface area contributed by atoms with E-state index in [0.29, 0.717) is 5.57 Å². The second kappa shape index (κ2) is 3.62. The topological polar surface area (TPSA) is 46.2 Å². The zero-order chi connectivity index (χ0) is 11.0. The van der Waals surface area contributed by atoms with Crippen LogP contribution < -0.4 is 5.32 Å². The first kappa shape index (κ1) is 10.1. The first-order chi connectivity index (χ1) is 7.09. The van der Waals surface area contributed by atoms with Crippen molar-refractivity contribution >= 4 is 28.7 Å². The van der Waals surface area contributed by atoms with E-state index in [4.69, 9.17) is 0 Å². The van der Waals surface area contributed by atoms with Gasteiger partial charge in [0.15, 0.2) is 0 Å². The molecule has 1 aliphatic rings. The van der Waals surface area contributed by atoms with Gasteiger partial charge in [0.2, 0.25) is 5.91 Å². The van der Waals surface area contributed by atoms with Crippen molar-refractivity contribution in [1.82, 2.24) is 5.32 Å². The second-order valence-corrected chi connectivity index (χ2v) is 4.51. The van der Waals surface area contributed by atoms with Crippen LogP contribution in [0.3, 0.4) is 0 Å². The fourth-order valence-corrected chi connectivity index (χ4v) is 2.65. The van der Waals surface area contributed by atoms with Gasteiger partial charge < -0.3 is 0 Å². The molecule has 0 radical (unpaired) electrons. The fraction of sp³-hybridized carbons (Fsp3) is 0.273. The molecule has 1 N–H and O–H groups in total. The number of hydrogen-bond donors (Lipinski definition) is 1. The molecule has 78 valence electrons. The number of rotatable bonds is 1. The number of carbonyl (C=O) groups is 2. The summed E-state index contributed by atoms with van der Waals surface area (Å²) >= 11 is 1.60. The molecule has 2 amide bonds. The first-order valence-electron chi connectivity index (χ1n) is 4.68. The van der Waals surface area contributed by atoms with Crippen molar-refractivity contribution in [2.75, 3.05) is 0 Å². The summed E-state index contributed by atoms with van der Waals surface area (Å²) in [6.45, 7) is 3.90. The molecule has 1 fully saturated rings. The average Bonchev–Trinajstić information content (AvgIpc) is 2.71. The maximum atomic E-state index is 11.4. The van der Waals surface area contributed by atoms with Crippen molar-refractivity contribution in [1.29, 1.82) is 0 Å². The van der Waals surface area contributed by atoms with Crippen LogP contribution in [0.1, 0.15) is 23.8 Å². The van der Waals surface area contributed by atoms with Gasteiger partial charge in [-0.2, -0.15) is 0 Å². The molecule has 0 unspecified atom stereocenters. The van der Waals surface area contributed by atoms with Crippen molar-refractivity contribution in [3.8, 4) is 0 Å². The Bertz CT molecular complexity index is 471. The number of thiophene rings is 1. The summed E-state index contributed by atoms with van der Waals surface area (Å²) in [5.41, 5.74) is 2.67. The number of aryl methyl sites for hydroxylation is 1. The summed E-state index contributed by atoms with van der Waals surface area (Å²) < 4.78 is 0. The van der Waals surface area contributed by atoms with Gasteiger partial charge in [-0.15, -0.1) is 11.3 Å². The van der Waals surface area contributed by atoms with E-state index in [2.05, 4.69) is 5.32 Å². The minimum absolute atomic E-state index is 0.205. The van der Waals surface area contributed by atoms with Crippen LogP contribution in [0.15, 0.2) is 17.0 Å². The molecule has 0 atom stereocenters. The summed E-state index contributed by atoms with van der Waals surface area (Å²) in [5, 5.41) is 4.29. The van der Waals surface area contributed by atoms with E-state index in [1.165, 1.54) is 0 Å². The van der Waals surface area contributed by atoms with Crippen LogP contribution in [-0.4, -0.2) is 11.8 Å². The quantitative estimate of drug-likeness (QED) is 0.581. The predicted molar refractivity (Wildman–Crippen MR) is 59.4 cm³/mol. The van der Waals surface area contributed by atoms with E-state index < -0.39 is 0 Å². The third-order valence-corrected chi connectivity index (χ3v) is 3.66. The molecule has 2 rings (SSSR count). The number of nitrogens with one attached hydrogen (secondary N) is 1. The lowest BCUT2D eigenvalue weighted by molar-refractivity contribution is -0.124. The van der Waals surface area contributed by atoms with Crippen LogP contribution in [0.25, 0.3) is 5.57 Å². The van der Waals surface area contributed by atoms with Crippen molar-refractivity contribution in [2.24, 2.45) is 0 Å². The highest BCUT2D eigenvalue weighted by molar-refractivity contribution is 7.11. The molecule has 1 saturated heterocycles. The highest BCUT2D eigenvalue weighted by Crippen LogP contribution is 2.29. The summed E-state index contributed by atoms with van der Waals surface area (Å²) in [6.07, 6.45) is 0.210. The number of carbonyl (C=O) groups excluding carboxylic acids is 2. The molecule has 1 aromatic heterocycles. The lowest BCUT2D eigenvalue weighted by Gasteiger charge is -2.02. The van der Waals surface area contributed by atoms with Gasteiger partial charge in [-0.25, -0.2) is 0 Å². The minimum Gasteiger partial charge on any atom is -0.292 e. The van der Waals surface area contributed by atoms with E-state index in [9.17, 15) is 9.59 Å². The lowest BCUT2D eigenvalue weighted by Crippen LogP contribution is -2.19. The Hall–Kier alpha value is -1.42. The Morgan fingerprint density at radius 3 is 2.67 bits per heavy atom. The van der Waals surface area contributed by atoms with Crippen LogP contribution in [0.5, 0.6) is 0 Å². The molecule has 1 aliphatic heterocycles. The summed E-state index contributed by atoms with van der Waals surface area (Å²) in [7, 11) is 0. The molecule has 0 aliphatic carbocycles. The monoisotopic (exact) mass is 221 g/mol. The number of allylic oxidation sites excluding steroid dienone is 1. The SMILES string of the molecule is CC(=C1CC(=O)NC1=O)c1sccc1C. The molecule has 0 spiro atoms. The van der Waals surface area contributed by atoms with Gasteiger partial charge in [0.05, 0.1) is 6.42 Å². The third-order valence-electron chi connectivity index (χ3n) is 2.52. The maximum absolute atomic E-state index is 11.4. The van der Waals surface area contributed by atoms with Gasteiger partial charge in [-0.3, -0.25) is 14.9 Å². The zero-order valence-electron chi connectivity index (χ0n) is 8.59. The molecule has 2 heterocycles. The minimum atomic E-state index is -0.245. The predicted octanol–water partition coefficient (Wildman–Crippen LogP) is 1.88. The summed E-state index contributed by atoms with van der Waals surface area (Å²) in [6, 6.07) is 2.01. The van der Waals surface area contributed by atoms with Crippen LogP contribution >= 0.6 is 11.3 Å². The smallest absolute Gasteiger partial charge is 0.254 e. The lowest BCUT2D eigenvalue weighted by atomic mass is 10.0. The van der Waals surface area contributed by atoms with Crippen molar-refractivity contribution < 1.29 is 9.59 Å². The molecule has 0 aromatic carbocycles. The molecule has 4 heteroatoms. The highest BCUT2D eigenvalue weighted by atomic mass is 32.1. The standard InChI is InChI=1S/C11H11NO2S/c1-6-3-4-15-10(6)7(2)8-5-9(13)12-11(8)14/h3-4H,5H2,1-2H3,(H,12,13,14). The Morgan fingerprint density at radius 1 is 1.47 bits per heavy atom. The second-order valence-electron chi connectivity index (χ2n) is 3.59. The molecule has 0 bridgehead atoms. The van der Waals surface area contributed by atoms with Gasteiger partial charge in [-0.05, 0) is 36.4 Å². The van der Waals surface area contributed by atoms with Gasteiger partial charge >= 0.3 is 0 Å². The van der Waals surface area contributed by atoms with Crippen molar-refractivity contribution in [3.63, 3.8) is 0 Å². The summed E-state index contributed by atoms with van der Waals surface area (Å²) in [4.78, 5) is 23.6. The molecule has 15 heavy (non-hydrogen) atoms. The van der Waals surface area contributed by atoms with E-state index in [-0.39, 0.29) is 18.2 Å². The number of imide groups is 1. The normalized spacial score (nSPS) is 19.3. The van der Waals surface area contributed by atoms with Crippen LogP contribution in [0.4, 0.5) is 0 Å². The molecule has 3 nitrogen and oxygen atoms in total. The largest absolute Gasteiger partial charge is 0.292 e. The van der Waals surface area contributed by atoms with Crippen molar-refractivity contribution in [2.45, 2.75) is 20.3 Å². The van der Waals surface area contributed by atoms with E-state index in [1.807, 2.05) is 25.3 Å². The highest BCUT2D eigenvalue weighted by Gasteiger charge is 2.26. The molecular formula is C11H11NO2S. The fourth-order valence-electron chi connectivity index (χ4n) is 1.68. The van der Waals surface area contributed by atoms with Gasteiger partial charge in [0, 0.05) is 10.5 Å². The van der Waals surface area contributed by atoms with Crippen LogP contribution in [-0.2, 0) is 9.59 Å². The maximum Gasteiger partial charge on any atom is 0.254 e. The number of hydrogen-bond acceptors (Lipinski definition) is 3. The van der Waals surface area contributed by atoms with Crippen molar-refractivity contribution in [3.05, 3.63) is 27.5 Å². The Labute approximate surface area is 91.8 Å². The van der Waals surface area contributed by atoms with E-state index in [1.54, 1.807) is 11.3 Å². The van der Waals surface area contributed by atoms with Crippen LogP contribution in [0.2, 0.25) is 0 Å². The summed E-state index contributed by atoms with van der Waals surface area (Å²) in [5.74, 6) is -0.450. The van der Waals surface area contributed by atoms with Gasteiger partial charge in [0.25, 0.3) is 5.91 Å². The zero-order valence-corrected chi connectivity index (χ0v) is 9.40. The first-order valence-corrected chi connectivity index (χ1v) is 5.56.